The van der Waals surface area contributed by atoms with Crippen molar-refractivity contribution in [3.05, 3.63) is 77.9 Å². The van der Waals surface area contributed by atoms with Gasteiger partial charge in [-0.15, -0.1) is 0 Å². The summed E-state index contributed by atoms with van der Waals surface area (Å²) in [6, 6.07) is 8.61. The lowest BCUT2D eigenvalue weighted by Gasteiger charge is -2.13. The van der Waals surface area contributed by atoms with Crippen LogP contribution in [-0.2, 0) is 0 Å². The minimum absolute atomic E-state index is 0.269. The molecule has 0 aliphatic rings. The zero-order valence-corrected chi connectivity index (χ0v) is 13.3. The number of amides is 1. The van der Waals surface area contributed by atoms with E-state index in [2.05, 4.69) is 20.6 Å². The number of carbonyl (C=O) groups is 1. The molecule has 0 aliphatic heterocycles. The molecule has 0 fully saturated rings. The maximum absolute atomic E-state index is 13.1. The molecule has 0 saturated carbocycles. The highest BCUT2D eigenvalue weighted by atomic mass is 19.1. The first-order valence-corrected chi connectivity index (χ1v) is 7.43. The van der Waals surface area contributed by atoms with E-state index in [4.69, 9.17) is 0 Å². The minimum atomic E-state index is -0.642. The van der Waals surface area contributed by atoms with Crippen molar-refractivity contribution in [2.45, 2.75) is 6.92 Å². The largest absolute Gasteiger partial charge is 0.353 e. The molecule has 3 rings (SSSR count). The van der Waals surface area contributed by atoms with Gasteiger partial charge in [-0.05, 0) is 48.9 Å². The molecule has 0 saturated heterocycles. The lowest BCUT2D eigenvalue weighted by Crippen LogP contribution is -2.15. The second-order valence-corrected chi connectivity index (χ2v) is 5.33. The third kappa shape index (κ3) is 3.95. The molecule has 3 aromatic rings. The monoisotopic (exact) mass is 340 g/mol. The van der Waals surface area contributed by atoms with Crippen LogP contribution in [0, 0.1) is 18.7 Å². The normalized spacial score (nSPS) is 10.4. The van der Waals surface area contributed by atoms with Gasteiger partial charge in [0.1, 0.15) is 5.82 Å². The topological polar surface area (TPSA) is 66.9 Å². The van der Waals surface area contributed by atoms with Gasteiger partial charge >= 0.3 is 0 Å². The van der Waals surface area contributed by atoms with E-state index < -0.39 is 11.9 Å². The van der Waals surface area contributed by atoms with Gasteiger partial charge in [-0.1, -0.05) is 0 Å². The van der Waals surface area contributed by atoms with Crippen LogP contribution in [-0.4, -0.2) is 15.9 Å². The highest BCUT2D eigenvalue weighted by Gasteiger charge is 2.13. The summed E-state index contributed by atoms with van der Waals surface area (Å²) in [7, 11) is 0. The number of hydrogen-bond donors (Lipinski definition) is 2. The van der Waals surface area contributed by atoms with Crippen molar-refractivity contribution in [2.24, 2.45) is 0 Å². The summed E-state index contributed by atoms with van der Waals surface area (Å²) < 4.78 is 26.1. The molecule has 2 N–H and O–H groups in total. The van der Waals surface area contributed by atoms with Gasteiger partial charge in [0.15, 0.2) is 0 Å². The Morgan fingerprint density at radius 1 is 1.04 bits per heavy atom. The first-order chi connectivity index (χ1) is 12.0. The van der Waals surface area contributed by atoms with E-state index in [1.807, 2.05) is 0 Å². The van der Waals surface area contributed by atoms with E-state index in [0.29, 0.717) is 22.6 Å². The summed E-state index contributed by atoms with van der Waals surface area (Å²) in [5.74, 6) is -1.40. The van der Waals surface area contributed by atoms with E-state index >= 15 is 0 Å². The SMILES string of the molecule is Cc1cc(F)ncc1C(=O)Nc1ccncc1Nc1ccc(F)cc1. The zero-order chi connectivity index (χ0) is 17.8. The summed E-state index contributed by atoms with van der Waals surface area (Å²) in [6.45, 7) is 1.63. The Balaban J connectivity index is 1.83. The van der Waals surface area contributed by atoms with Crippen LogP contribution in [0.2, 0.25) is 0 Å². The average Bonchev–Trinajstić information content (AvgIpc) is 2.58. The van der Waals surface area contributed by atoms with Crippen LogP contribution in [0.4, 0.5) is 25.8 Å². The molecule has 0 aliphatic carbocycles. The van der Waals surface area contributed by atoms with E-state index in [0.717, 1.165) is 0 Å². The standard InChI is InChI=1S/C18H14F2N4O/c1-11-8-17(20)22-9-14(11)18(25)24-15-6-7-21-10-16(15)23-13-4-2-12(19)3-5-13/h2-10,23H,1H3,(H,21,24,25). The quantitative estimate of drug-likeness (QED) is 0.703. The van der Waals surface area contributed by atoms with Crippen molar-refractivity contribution in [1.82, 2.24) is 9.97 Å². The number of benzene rings is 1. The van der Waals surface area contributed by atoms with Gasteiger partial charge in [-0.2, -0.15) is 4.39 Å². The van der Waals surface area contributed by atoms with Crippen molar-refractivity contribution < 1.29 is 13.6 Å². The molecule has 1 amide bonds. The van der Waals surface area contributed by atoms with E-state index in [1.54, 1.807) is 25.1 Å². The number of hydrogen-bond acceptors (Lipinski definition) is 4. The van der Waals surface area contributed by atoms with Crippen LogP contribution in [0.5, 0.6) is 0 Å². The third-order valence-electron chi connectivity index (χ3n) is 3.51. The maximum Gasteiger partial charge on any atom is 0.257 e. The number of nitrogens with one attached hydrogen (secondary N) is 2. The van der Waals surface area contributed by atoms with E-state index in [9.17, 15) is 13.6 Å². The molecule has 0 radical (unpaired) electrons. The number of pyridine rings is 2. The van der Waals surface area contributed by atoms with Crippen molar-refractivity contribution in [3.63, 3.8) is 0 Å². The molecule has 2 aromatic heterocycles. The number of halogens is 2. The fourth-order valence-electron chi connectivity index (χ4n) is 2.24. The van der Waals surface area contributed by atoms with Crippen molar-refractivity contribution >= 4 is 23.0 Å². The molecular weight excluding hydrogens is 326 g/mol. The Kier molecular flexibility index (Phi) is 4.65. The highest BCUT2D eigenvalue weighted by Crippen LogP contribution is 2.25. The molecule has 0 atom stereocenters. The van der Waals surface area contributed by atoms with Gasteiger partial charge in [-0.25, -0.2) is 9.37 Å². The second kappa shape index (κ2) is 7.04. The van der Waals surface area contributed by atoms with Gasteiger partial charge in [0, 0.05) is 18.1 Å². The molecule has 0 bridgehead atoms. The van der Waals surface area contributed by atoms with Gasteiger partial charge in [0.05, 0.1) is 23.1 Å². The van der Waals surface area contributed by atoms with Crippen LogP contribution in [0.15, 0.2) is 55.0 Å². The van der Waals surface area contributed by atoms with Crippen LogP contribution >= 0.6 is 0 Å². The Bertz CT molecular complexity index is 913. The average molecular weight is 340 g/mol. The Labute approximate surface area is 142 Å². The van der Waals surface area contributed by atoms with Crippen LogP contribution < -0.4 is 10.6 Å². The molecule has 0 unspecified atom stereocenters. The number of rotatable bonds is 4. The Morgan fingerprint density at radius 3 is 2.52 bits per heavy atom. The molecule has 7 heteroatoms. The summed E-state index contributed by atoms with van der Waals surface area (Å²) >= 11 is 0. The number of anilines is 3. The predicted molar refractivity (Wildman–Crippen MR) is 90.8 cm³/mol. The molecule has 126 valence electrons. The van der Waals surface area contributed by atoms with Gasteiger partial charge in [-0.3, -0.25) is 9.78 Å². The summed E-state index contributed by atoms with van der Waals surface area (Å²) in [5, 5.41) is 5.80. The molecule has 5 nitrogen and oxygen atoms in total. The maximum atomic E-state index is 13.1. The van der Waals surface area contributed by atoms with Gasteiger partial charge in [0.2, 0.25) is 5.95 Å². The molecule has 2 heterocycles. The highest BCUT2D eigenvalue weighted by molar-refractivity contribution is 6.06. The lowest BCUT2D eigenvalue weighted by atomic mass is 10.1. The third-order valence-corrected chi connectivity index (χ3v) is 3.51. The van der Waals surface area contributed by atoms with Gasteiger partial charge in [0.25, 0.3) is 5.91 Å². The summed E-state index contributed by atoms with van der Waals surface area (Å²) in [5.41, 5.74) is 2.41. The predicted octanol–water partition coefficient (Wildman–Crippen LogP) is 4.06. The molecule has 1 aromatic carbocycles. The van der Waals surface area contributed by atoms with Gasteiger partial charge < -0.3 is 10.6 Å². The van der Waals surface area contributed by atoms with E-state index in [-0.39, 0.29) is 11.4 Å². The minimum Gasteiger partial charge on any atom is -0.353 e. The van der Waals surface area contributed by atoms with Crippen molar-refractivity contribution in [2.75, 3.05) is 10.6 Å². The zero-order valence-electron chi connectivity index (χ0n) is 13.3. The smallest absolute Gasteiger partial charge is 0.257 e. The number of aryl methyl sites for hydroxylation is 1. The Morgan fingerprint density at radius 2 is 1.80 bits per heavy atom. The number of nitrogens with zero attached hydrogens (tertiary/aromatic N) is 2. The van der Waals surface area contributed by atoms with Crippen molar-refractivity contribution in [1.29, 1.82) is 0 Å². The first kappa shape index (κ1) is 16.5. The van der Waals surface area contributed by atoms with Crippen LogP contribution in [0.3, 0.4) is 0 Å². The van der Waals surface area contributed by atoms with E-state index in [1.165, 1.54) is 36.8 Å². The second-order valence-electron chi connectivity index (χ2n) is 5.33. The van der Waals surface area contributed by atoms with Crippen molar-refractivity contribution in [3.8, 4) is 0 Å². The molecular formula is C18H14F2N4O. The number of aromatic nitrogens is 2. The first-order valence-electron chi connectivity index (χ1n) is 7.43. The van der Waals surface area contributed by atoms with Crippen LogP contribution in [0.1, 0.15) is 15.9 Å². The summed E-state index contributed by atoms with van der Waals surface area (Å²) in [4.78, 5) is 20.0. The molecule has 0 spiro atoms. The molecule has 25 heavy (non-hydrogen) atoms. The summed E-state index contributed by atoms with van der Waals surface area (Å²) in [6.07, 6.45) is 4.25. The fraction of sp³-hybridized carbons (Fsp3) is 0.0556. The lowest BCUT2D eigenvalue weighted by molar-refractivity contribution is 0.102. The number of carbonyl (C=O) groups excluding carboxylic acids is 1. The Hall–Kier alpha value is -3.35. The van der Waals surface area contributed by atoms with Crippen LogP contribution in [0.25, 0.3) is 0 Å². The fourth-order valence-corrected chi connectivity index (χ4v) is 2.24.